The van der Waals surface area contributed by atoms with Crippen molar-refractivity contribution in [2.24, 2.45) is 14.1 Å². The second-order valence-corrected chi connectivity index (χ2v) is 12.0. The Bertz CT molecular complexity index is 1960. The summed E-state index contributed by atoms with van der Waals surface area (Å²) in [5.41, 5.74) is -6.90. The topological polar surface area (TPSA) is 32.6 Å². The van der Waals surface area contributed by atoms with E-state index in [1.54, 1.807) is 6.20 Å². The van der Waals surface area contributed by atoms with Crippen molar-refractivity contribution in [3.05, 3.63) is 151 Å². The van der Waals surface area contributed by atoms with Crippen molar-refractivity contribution in [3.8, 4) is 11.3 Å². The molecule has 0 saturated carbocycles. The van der Waals surface area contributed by atoms with Crippen molar-refractivity contribution in [3.63, 3.8) is 0 Å². The molecule has 0 amide bonds. The van der Waals surface area contributed by atoms with Crippen LogP contribution in [0.15, 0.2) is 123 Å². The van der Waals surface area contributed by atoms with Gasteiger partial charge in [-0.15, -0.1) is 35.9 Å². The molecule has 54 heavy (non-hydrogen) atoms. The van der Waals surface area contributed by atoms with Crippen LogP contribution in [0.4, 0.5) is 52.7 Å². The molecule has 287 valence electrons. The largest absolute Gasteiger partial charge is 0.416 e. The first kappa shape index (κ1) is 41.9. The van der Waals surface area contributed by atoms with Gasteiger partial charge in [-0.05, 0) is 23.9 Å². The van der Waals surface area contributed by atoms with Crippen LogP contribution in [-0.4, -0.2) is 29.5 Å². The van der Waals surface area contributed by atoms with E-state index in [2.05, 4.69) is 11.1 Å². The molecular formula is C35H26BF12IrN5. The SMILES string of the molecule is Cn1ccn([B-](c2cc(C(F)(F)F)cc(C(F)(F)F)c2)(c2cc(C(F)(F)F)cc(C(F)(F)F)c2)n2ccn(C)[cH+]2)[cH+]1.[Ir].[c-]1ccccc1-c1ccccn1. The fourth-order valence-corrected chi connectivity index (χ4v) is 5.91. The zero-order valence-corrected chi connectivity index (χ0v) is 30.1. The van der Waals surface area contributed by atoms with Crippen molar-refractivity contribution >= 4 is 17.3 Å². The number of aromatic nitrogens is 5. The van der Waals surface area contributed by atoms with Gasteiger partial charge in [-0.1, -0.05) is 36.4 Å². The number of hydrogen-bond donors (Lipinski definition) is 0. The summed E-state index contributed by atoms with van der Waals surface area (Å²) in [5.74, 6) is 0. The first-order valence-corrected chi connectivity index (χ1v) is 15.3. The number of hydrogen-bond acceptors (Lipinski definition) is 1. The van der Waals surface area contributed by atoms with Crippen LogP contribution in [0.2, 0.25) is 0 Å². The molecule has 6 aromatic rings. The minimum absolute atomic E-state index is 0. The minimum Gasteiger partial charge on any atom is -0.366 e. The minimum atomic E-state index is -5.36. The molecule has 0 atom stereocenters. The van der Waals surface area contributed by atoms with Gasteiger partial charge in [0.15, 0.2) is 12.4 Å². The van der Waals surface area contributed by atoms with Crippen molar-refractivity contribution in [2.45, 2.75) is 24.7 Å². The number of rotatable bonds is 5. The molecule has 0 fully saturated rings. The number of halogens is 12. The number of pyridine rings is 1. The van der Waals surface area contributed by atoms with Crippen LogP contribution in [0.25, 0.3) is 11.3 Å². The van der Waals surface area contributed by atoms with E-state index in [1.807, 2.05) is 42.5 Å². The summed E-state index contributed by atoms with van der Waals surface area (Å²) in [6.07, 6.45) is -16.3. The van der Waals surface area contributed by atoms with Gasteiger partial charge in [-0.25, -0.2) is 9.13 Å². The van der Waals surface area contributed by atoms with E-state index < -0.39 is 64.3 Å². The van der Waals surface area contributed by atoms with Crippen molar-refractivity contribution in [2.75, 3.05) is 0 Å². The Morgan fingerprint density at radius 2 is 0.963 bits per heavy atom. The maximum atomic E-state index is 13.9. The third kappa shape index (κ3) is 9.06. The molecule has 0 unspecified atom stereocenters. The predicted molar refractivity (Wildman–Crippen MR) is 173 cm³/mol. The molecule has 3 aromatic heterocycles. The first-order valence-electron chi connectivity index (χ1n) is 15.3. The average molecular weight is 948 g/mol. The monoisotopic (exact) mass is 948 g/mol. The summed E-state index contributed by atoms with van der Waals surface area (Å²) < 4.78 is 171. The summed E-state index contributed by atoms with van der Waals surface area (Å²) >= 11 is 0. The smallest absolute Gasteiger partial charge is 0.366 e. The fraction of sp³-hybridized carbons (Fsp3) is 0.171. The summed E-state index contributed by atoms with van der Waals surface area (Å²) in [6, 6.07) is 17.6. The van der Waals surface area contributed by atoms with E-state index in [9.17, 15) is 52.7 Å². The van der Waals surface area contributed by atoms with Crippen LogP contribution in [0.3, 0.4) is 0 Å². The standard InChI is InChI=1S/C24H18BF12N4.C11H8N.Ir/c1-38-3-5-40(13-38)25(41-6-4-39(2)14-41,19-9-15(21(26,27)28)7-16(10-19)22(29,30)31)20-11-17(23(32,33)34)8-18(12-20)24(35,36)37;1-2-6-10(7-3-1)11-8-4-5-9-12-11;/h3-14H,1-2H3;1-6,8-9H;/q+1;-1;. The zero-order chi connectivity index (χ0) is 39.0. The zero-order valence-electron chi connectivity index (χ0n) is 27.7. The van der Waals surface area contributed by atoms with Crippen LogP contribution in [0.5, 0.6) is 0 Å². The Hall–Kier alpha value is -4.90. The van der Waals surface area contributed by atoms with Crippen molar-refractivity contribution in [1.82, 2.24) is 23.1 Å². The number of aryl methyl sites for hydroxylation is 2. The summed E-state index contributed by atoms with van der Waals surface area (Å²) in [7, 11) is 2.79. The number of imidazole rings is 2. The molecule has 0 N–H and O–H groups in total. The van der Waals surface area contributed by atoms with Crippen LogP contribution in [0.1, 0.15) is 22.3 Å². The molecular weight excluding hydrogens is 921 g/mol. The Morgan fingerprint density at radius 3 is 1.26 bits per heavy atom. The van der Waals surface area contributed by atoms with E-state index in [-0.39, 0.29) is 32.2 Å². The molecule has 3 aromatic carbocycles. The number of benzene rings is 3. The van der Waals surface area contributed by atoms with E-state index in [4.69, 9.17) is 0 Å². The molecule has 0 bridgehead atoms. The summed E-state index contributed by atoms with van der Waals surface area (Å²) in [4.78, 5) is 4.22. The molecule has 1 radical (unpaired) electrons. The fourth-order valence-electron chi connectivity index (χ4n) is 5.91. The Balaban J connectivity index is 0.000000421. The third-order valence-corrected chi connectivity index (χ3v) is 8.24. The van der Waals surface area contributed by atoms with Crippen LogP contribution in [0, 0.1) is 6.07 Å². The van der Waals surface area contributed by atoms with Gasteiger partial charge in [0.05, 0.1) is 22.3 Å². The average Bonchev–Trinajstić information content (AvgIpc) is 3.73. The molecule has 0 spiro atoms. The number of alkyl halides is 12. The van der Waals surface area contributed by atoms with Crippen molar-refractivity contribution < 1.29 is 72.8 Å². The van der Waals surface area contributed by atoms with Gasteiger partial charge in [0, 0.05) is 40.4 Å². The molecule has 0 aliphatic heterocycles. The third-order valence-electron chi connectivity index (χ3n) is 8.24. The molecule has 0 aliphatic carbocycles. The van der Waals surface area contributed by atoms with Crippen LogP contribution >= 0.6 is 0 Å². The van der Waals surface area contributed by atoms with Gasteiger partial charge in [0.2, 0.25) is 0 Å². The van der Waals surface area contributed by atoms with Crippen molar-refractivity contribution in [1.29, 1.82) is 0 Å². The normalized spacial score (nSPS) is 12.5. The van der Waals surface area contributed by atoms with Crippen LogP contribution < -0.4 is 10.9 Å². The second-order valence-electron chi connectivity index (χ2n) is 12.0. The van der Waals surface area contributed by atoms with Gasteiger partial charge in [-0.2, -0.15) is 63.6 Å². The second kappa shape index (κ2) is 15.5. The summed E-state index contributed by atoms with van der Waals surface area (Å²) in [5, 5.41) is 0. The van der Waals surface area contributed by atoms with E-state index in [0.29, 0.717) is 24.3 Å². The van der Waals surface area contributed by atoms with Gasteiger partial charge in [0.25, 0.3) is 0 Å². The predicted octanol–water partition coefficient (Wildman–Crippen LogP) is 8.80. The van der Waals surface area contributed by atoms with E-state index >= 15 is 0 Å². The quantitative estimate of drug-likeness (QED) is 0.0968. The molecule has 5 nitrogen and oxygen atoms in total. The maximum Gasteiger partial charge on any atom is 0.416 e. The maximum absolute atomic E-state index is 13.9. The molecule has 19 heteroatoms. The molecule has 3 heterocycles. The molecule has 0 saturated heterocycles. The van der Waals surface area contributed by atoms with Gasteiger partial charge in [0.1, 0.15) is 25.0 Å². The van der Waals surface area contributed by atoms with Crippen LogP contribution in [-0.2, 0) is 58.9 Å². The Morgan fingerprint density at radius 1 is 0.556 bits per heavy atom. The van der Waals surface area contributed by atoms with E-state index in [0.717, 1.165) is 45.3 Å². The van der Waals surface area contributed by atoms with Gasteiger partial charge < -0.3 is 13.9 Å². The van der Waals surface area contributed by atoms with Gasteiger partial charge >= 0.3 is 31.1 Å². The van der Waals surface area contributed by atoms with E-state index in [1.165, 1.54) is 35.6 Å². The molecule has 6 rings (SSSR count). The number of nitrogens with zero attached hydrogens (tertiary/aromatic N) is 5. The summed E-state index contributed by atoms with van der Waals surface area (Å²) in [6.45, 7) is 0. The Kier molecular flexibility index (Phi) is 12.0. The Labute approximate surface area is 313 Å². The molecule has 0 aliphatic rings. The van der Waals surface area contributed by atoms with Gasteiger partial charge in [-0.3, -0.25) is 0 Å². The first-order chi connectivity index (χ1) is 24.6.